The molecule has 1 aromatic carbocycles. The van der Waals surface area contributed by atoms with Crippen LogP contribution in [0.25, 0.3) is 10.9 Å². The molecule has 1 heterocycles. The number of hydrogen-bond donors (Lipinski definition) is 1. The predicted octanol–water partition coefficient (Wildman–Crippen LogP) is 2.29. The quantitative estimate of drug-likeness (QED) is 0.843. The highest BCUT2D eigenvalue weighted by Crippen LogP contribution is 2.40. The Bertz CT molecular complexity index is 771. The number of nitrogens with zero attached hydrogens (tertiary/aromatic N) is 2. The number of benzene rings is 1. The molecule has 0 atom stereocenters. The first kappa shape index (κ1) is 16.4. The largest absolute Gasteiger partial charge is 0.480 e. The summed E-state index contributed by atoms with van der Waals surface area (Å²) >= 11 is 0. The van der Waals surface area contributed by atoms with Crippen LogP contribution in [-0.2, 0) is 9.53 Å². The van der Waals surface area contributed by atoms with Crippen LogP contribution in [0.5, 0.6) is 0 Å². The summed E-state index contributed by atoms with van der Waals surface area (Å²) in [6.07, 6.45) is 2.17. The Morgan fingerprint density at radius 3 is 2.75 bits per heavy atom. The molecule has 3 rings (SSSR count). The Hall–Kier alpha value is -2.47. The normalized spacial score (nSPS) is 13.9. The fourth-order valence-electron chi connectivity index (χ4n) is 2.75. The molecule has 1 saturated carbocycles. The highest BCUT2D eigenvalue weighted by Gasteiger charge is 2.28. The lowest BCUT2D eigenvalue weighted by Crippen LogP contribution is -2.38. The number of carbonyl (C=O) groups excluding carboxylic acids is 1. The van der Waals surface area contributed by atoms with E-state index in [-0.39, 0.29) is 25.6 Å². The minimum absolute atomic E-state index is 0.233. The molecule has 1 aliphatic carbocycles. The van der Waals surface area contributed by atoms with E-state index in [1.165, 1.54) is 12.0 Å². The Balaban J connectivity index is 2.01. The third-order valence-corrected chi connectivity index (χ3v) is 4.14. The summed E-state index contributed by atoms with van der Waals surface area (Å²) in [5.74, 6) is -0.928. The van der Waals surface area contributed by atoms with E-state index in [0.717, 1.165) is 29.4 Å². The van der Waals surface area contributed by atoms with Gasteiger partial charge in [-0.2, -0.15) is 0 Å². The van der Waals surface area contributed by atoms with Crippen molar-refractivity contribution in [3.05, 3.63) is 41.6 Å². The van der Waals surface area contributed by atoms with Crippen LogP contribution in [0.15, 0.2) is 30.3 Å². The van der Waals surface area contributed by atoms with Crippen molar-refractivity contribution in [3.63, 3.8) is 0 Å². The van der Waals surface area contributed by atoms with Gasteiger partial charge in [-0.1, -0.05) is 18.2 Å². The molecule has 1 fully saturated rings. The number of fused-ring (bicyclic) bond motifs is 1. The minimum atomic E-state index is -1.04. The number of aliphatic carboxylic acids is 1. The number of carbonyl (C=O) groups is 2. The number of para-hydroxylation sites is 1. The van der Waals surface area contributed by atoms with Gasteiger partial charge in [0.1, 0.15) is 6.54 Å². The van der Waals surface area contributed by atoms with E-state index in [1.807, 2.05) is 30.3 Å². The second-order valence-corrected chi connectivity index (χ2v) is 6.00. The maximum absolute atomic E-state index is 13.0. The van der Waals surface area contributed by atoms with Crippen LogP contribution in [0.2, 0.25) is 0 Å². The van der Waals surface area contributed by atoms with Crippen LogP contribution in [0.4, 0.5) is 0 Å². The first-order valence-corrected chi connectivity index (χ1v) is 8.00. The minimum Gasteiger partial charge on any atom is -0.480 e. The SMILES string of the molecule is COCCN(CC(=O)O)C(=O)c1cc(C2CC2)nc2ccccc12. The molecule has 0 spiro atoms. The molecular formula is C18H20N2O4. The number of hydrogen-bond acceptors (Lipinski definition) is 4. The fraction of sp³-hybridized carbons (Fsp3) is 0.389. The Morgan fingerprint density at radius 1 is 1.33 bits per heavy atom. The number of pyridine rings is 1. The molecule has 2 aromatic rings. The van der Waals surface area contributed by atoms with Crippen LogP contribution < -0.4 is 0 Å². The molecule has 0 aliphatic heterocycles. The number of rotatable bonds is 7. The first-order valence-electron chi connectivity index (χ1n) is 8.00. The molecule has 24 heavy (non-hydrogen) atoms. The van der Waals surface area contributed by atoms with E-state index in [4.69, 9.17) is 9.84 Å². The van der Waals surface area contributed by atoms with Gasteiger partial charge in [0.15, 0.2) is 0 Å². The first-order chi connectivity index (χ1) is 11.6. The van der Waals surface area contributed by atoms with Gasteiger partial charge in [0.25, 0.3) is 5.91 Å². The number of amides is 1. The van der Waals surface area contributed by atoms with E-state index in [0.29, 0.717) is 11.5 Å². The zero-order valence-corrected chi connectivity index (χ0v) is 13.6. The number of ether oxygens (including phenoxy) is 1. The van der Waals surface area contributed by atoms with Gasteiger partial charge in [-0.15, -0.1) is 0 Å². The van der Waals surface area contributed by atoms with Gasteiger partial charge in [-0.3, -0.25) is 14.6 Å². The molecule has 1 aromatic heterocycles. The average Bonchev–Trinajstić information content (AvgIpc) is 3.41. The van der Waals surface area contributed by atoms with Crippen molar-refractivity contribution in [3.8, 4) is 0 Å². The van der Waals surface area contributed by atoms with E-state index in [9.17, 15) is 9.59 Å². The number of carboxylic acids is 1. The Kier molecular flexibility index (Phi) is 4.76. The maximum atomic E-state index is 13.0. The summed E-state index contributed by atoms with van der Waals surface area (Å²) in [7, 11) is 1.52. The third kappa shape index (κ3) is 3.54. The second kappa shape index (κ2) is 6.97. The summed E-state index contributed by atoms with van der Waals surface area (Å²) < 4.78 is 5.00. The van der Waals surface area contributed by atoms with Gasteiger partial charge in [0, 0.05) is 30.7 Å². The van der Waals surface area contributed by atoms with Crippen molar-refractivity contribution in [2.75, 3.05) is 26.8 Å². The summed E-state index contributed by atoms with van der Waals surface area (Å²) in [6.45, 7) is 0.173. The Morgan fingerprint density at radius 2 is 2.08 bits per heavy atom. The van der Waals surface area contributed by atoms with Crippen molar-refractivity contribution in [2.45, 2.75) is 18.8 Å². The maximum Gasteiger partial charge on any atom is 0.323 e. The number of aromatic nitrogens is 1. The lowest BCUT2D eigenvalue weighted by molar-refractivity contribution is -0.137. The zero-order valence-electron chi connectivity index (χ0n) is 13.6. The monoisotopic (exact) mass is 328 g/mol. The standard InChI is InChI=1S/C18H20N2O4/c1-24-9-8-20(11-17(21)22)18(23)14-10-16(12-6-7-12)19-15-5-3-2-4-13(14)15/h2-5,10,12H,6-9,11H2,1H3,(H,21,22). The van der Waals surface area contributed by atoms with Crippen molar-refractivity contribution in [2.24, 2.45) is 0 Å². The van der Waals surface area contributed by atoms with Crippen molar-refractivity contribution in [1.29, 1.82) is 0 Å². The van der Waals surface area contributed by atoms with E-state index in [2.05, 4.69) is 4.98 Å². The lowest BCUT2D eigenvalue weighted by Gasteiger charge is -2.21. The molecule has 0 saturated heterocycles. The molecule has 0 radical (unpaired) electrons. The predicted molar refractivity (Wildman–Crippen MR) is 89.1 cm³/mol. The van der Waals surface area contributed by atoms with Gasteiger partial charge in [0.05, 0.1) is 17.7 Å². The van der Waals surface area contributed by atoms with Crippen LogP contribution >= 0.6 is 0 Å². The molecular weight excluding hydrogens is 308 g/mol. The van der Waals surface area contributed by atoms with Gasteiger partial charge in [-0.05, 0) is 25.0 Å². The van der Waals surface area contributed by atoms with Crippen LogP contribution in [0, 0.1) is 0 Å². The number of methoxy groups -OCH3 is 1. The van der Waals surface area contributed by atoms with Crippen molar-refractivity contribution in [1.82, 2.24) is 9.88 Å². The van der Waals surface area contributed by atoms with Gasteiger partial charge in [0.2, 0.25) is 0 Å². The van der Waals surface area contributed by atoms with Gasteiger partial charge in [-0.25, -0.2) is 0 Å². The summed E-state index contributed by atoms with van der Waals surface area (Å²) in [5, 5.41) is 9.85. The second-order valence-electron chi connectivity index (χ2n) is 6.00. The highest BCUT2D eigenvalue weighted by atomic mass is 16.5. The lowest BCUT2D eigenvalue weighted by atomic mass is 10.0. The molecule has 1 amide bonds. The van der Waals surface area contributed by atoms with E-state index in [1.54, 1.807) is 0 Å². The van der Waals surface area contributed by atoms with Gasteiger partial charge < -0.3 is 14.7 Å². The topological polar surface area (TPSA) is 79.7 Å². The third-order valence-electron chi connectivity index (χ3n) is 4.14. The van der Waals surface area contributed by atoms with Crippen LogP contribution in [0.3, 0.4) is 0 Å². The zero-order chi connectivity index (χ0) is 17.1. The molecule has 6 nitrogen and oxygen atoms in total. The summed E-state index contributed by atoms with van der Waals surface area (Å²) in [6, 6.07) is 9.30. The van der Waals surface area contributed by atoms with Crippen molar-refractivity contribution < 1.29 is 19.4 Å². The average molecular weight is 328 g/mol. The molecule has 6 heteroatoms. The van der Waals surface area contributed by atoms with Crippen molar-refractivity contribution >= 4 is 22.8 Å². The summed E-state index contributed by atoms with van der Waals surface area (Å²) in [5.41, 5.74) is 2.20. The molecule has 1 aliphatic rings. The fourth-order valence-corrected chi connectivity index (χ4v) is 2.75. The highest BCUT2D eigenvalue weighted by molar-refractivity contribution is 6.06. The van der Waals surface area contributed by atoms with E-state index < -0.39 is 5.97 Å². The van der Waals surface area contributed by atoms with Crippen LogP contribution in [-0.4, -0.2) is 53.7 Å². The Labute approximate surface area is 140 Å². The molecule has 1 N–H and O–H groups in total. The van der Waals surface area contributed by atoms with E-state index >= 15 is 0 Å². The molecule has 0 bridgehead atoms. The molecule has 0 unspecified atom stereocenters. The van der Waals surface area contributed by atoms with Crippen LogP contribution in [0.1, 0.15) is 34.8 Å². The summed E-state index contributed by atoms with van der Waals surface area (Å²) in [4.78, 5) is 30.0. The number of carboxylic acid groups (broad SMARTS) is 1. The smallest absolute Gasteiger partial charge is 0.323 e. The van der Waals surface area contributed by atoms with Gasteiger partial charge >= 0.3 is 5.97 Å². The molecule has 126 valence electrons.